The monoisotopic (exact) mass is 426 g/mol. The fourth-order valence-electron chi connectivity index (χ4n) is 3.54. The molecule has 1 aliphatic carbocycles. The van der Waals surface area contributed by atoms with E-state index in [0.717, 1.165) is 22.0 Å². The summed E-state index contributed by atoms with van der Waals surface area (Å²) in [4.78, 5) is 29.0. The Morgan fingerprint density at radius 2 is 1.52 bits per heavy atom. The fraction of sp³-hybridized carbons (Fsp3) is 0.556. The molecule has 5 heteroatoms. The number of nitrogens with zero attached hydrogens (tertiary/aromatic N) is 2. The van der Waals surface area contributed by atoms with Crippen LogP contribution in [-0.4, -0.2) is 47.8 Å². The lowest BCUT2D eigenvalue weighted by molar-refractivity contribution is -0.138. The summed E-state index contributed by atoms with van der Waals surface area (Å²) < 4.78 is 0.982. The molecule has 1 aliphatic heterocycles. The molecule has 4 nitrogen and oxygen atoms in total. The van der Waals surface area contributed by atoms with Crippen LogP contribution in [0, 0.1) is 9.49 Å². The molecule has 1 aromatic carbocycles. The lowest BCUT2D eigenvalue weighted by Gasteiger charge is -2.37. The smallest absolute Gasteiger partial charge is 0.255 e. The Balaban J connectivity index is 1.57. The topological polar surface area (TPSA) is 40.6 Å². The summed E-state index contributed by atoms with van der Waals surface area (Å²) in [6, 6.07) is 7.68. The number of halogens is 1. The van der Waals surface area contributed by atoms with E-state index in [2.05, 4.69) is 22.6 Å². The second kappa shape index (κ2) is 7.64. The average Bonchev–Trinajstić information content (AvgIpc) is 2.62. The molecule has 23 heavy (non-hydrogen) atoms. The maximum Gasteiger partial charge on any atom is 0.255 e. The van der Waals surface area contributed by atoms with Gasteiger partial charge in [0.1, 0.15) is 0 Å². The lowest BCUT2D eigenvalue weighted by atomic mass is 9.88. The van der Waals surface area contributed by atoms with E-state index in [1.54, 1.807) is 0 Å². The van der Waals surface area contributed by atoms with E-state index in [-0.39, 0.29) is 11.8 Å². The number of carbonyl (C=O) groups excluding carboxylic acids is 2. The third kappa shape index (κ3) is 3.87. The minimum absolute atomic E-state index is 0.0831. The second-order valence-electron chi connectivity index (χ2n) is 6.43. The molecule has 0 N–H and O–H groups in total. The summed E-state index contributed by atoms with van der Waals surface area (Å²) >= 11 is 2.20. The number of rotatable bonds is 2. The molecule has 0 spiro atoms. The first-order valence-electron chi connectivity index (χ1n) is 8.49. The van der Waals surface area contributed by atoms with E-state index >= 15 is 0 Å². The first-order valence-corrected chi connectivity index (χ1v) is 9.57. The van der Waals surface area contributed by atoms with Crippen molar-refractivity contribution in [3.8, 4) is 0 Å². The summed E-state index contributed by atoms with van der Waals surface area (Å²) in [5.41, 5.74) is 0.764. The molecule has 1 aromatic rings. The minimum atomic E-state index is 0.0831. The number of hydrogen-bond donors (Lipinski definition) is 0. The Kier molecular flexibility index (Phi) is 5.56. The maximum atomic E-state index is 12.6. The molecule has 2 fully saturated rings. The number of benzene rings is 1. The van der Waals surface area contributed by atoms with Gasteiger partial charge in [-0.2, -0.15) is 0 Å². The van der Waals surface area contributed by atoms with E-state index in [0.29, 0.717) is 32.1 Å². The van der Waals surface area contributed by atoms with Crippen molar-refractivity contribution in [2.24, 2.45) is 5.92 Å². The Bertz CT molecular complexity index is 576. The highest BCUT2D eigenvalue weighted by Gasteiger charge is 2.30. The van der Waals surface area contributed by atoms with Crippen molar-refractivity contribution in [2.75, 3.05) is 26.2 Å². The standard InChI is InChI=1S/C18H23IN2O2/c19-16-9-5-4-8-15(16)18(23)21-12-10-20(11-13-21)17(22)14-6-2-1-3-7-14/h4-5,8-9,14H,1-3,6-7,10-13H2. The molecule has 1 heterocycles. The number of amides is 2. The number of hydrogen-bond acceptors (Lipinski definition) is 2. The molecule has 0 unspecified atom stereocenters. The molecule has 0 atom stereocenters. The van der Waals surface area contributed by atoms with Crippen LogP contribution in [0.25, 0.3) is 0 Å². The maximum absolute atomic E-state index is 12.6. The largest absolute Gasteiger partial charge is 0.339 e. The zero-order valence-electron chi connectivity index (χ0n) is 13.3. The van der Waals surface area contributed by atoms with Gasteiger partial charge in [0.15, 0.2) is 0 Å². The molecular weight excluding hydrogens is 403 g/mol. The third-order valence-electron chi connectivity index (χ3n) is 4.94. The van der Waals surface area contributed by atoms with Crippen molar-refractivity contribution in [2.45, 2.75) is 32.1 Å². The highest BCUT2D eigenvalue weighted by atomic mass is 127. The molecule has 0 radical (unpaired) electrons. The summed E-state index contributed by atoms with van der Waals surface area (Å²) in [7, 11) is 0. The average molecular weight is 426 g/mol. The van der Waals surface area contributed by atoms with Crippen molar-refractivity contribution in [1.29, 1.82) is 0 Å². The Labute approximate surface area is 151 Å². The van der Waals surface area contributed by atoms with Gasteiger partial charge in [0.2, 0.25) is 5.91 Å². The molecule has 1 saturated heterocycles. The summed E-state index contributed by atoms with van der Waals surface area (Å²) in [5.74, 6) is 0.618. The highest BCUT2D eigenvalue weighted by molar-refractivity contribution is 14.1. The van der Waals surface area contributed by atoms with Gasteiger partial charge in [0.25, 0.3) is 5.91 Å². The Morgan fingerprint density at radius 3 is 2.17 bits per heavy atom. The zero-order valence-corrected chi connectivity index (χ0v) is 15.5. The highest BCUT2D eigenvalue weighted by Crippen LogP contribution is 2.26. The van der Waals surface area contributed by atoms with Crippen LogP contribution in [0.1, 0.15) is 42.5 Å². The molecule has 3 rings (SSSR count). The van der Waals surface area contributed by atoms with E-state index in [4.69, 9.17) is 0 Å². The van der Waals surface area contributed by atoms with Gasteiger partial charge in [0, 0.05) is 35.7 Å². The van der Waals surface area contributed by atoms with Gasteiger partial charge in [-0.05, 0) is 47.6 Å². The first kappa shape index (κ1) is 16.7. The van der Waals surface area contributed by atoms with E-state index in [9.17, 15) is 9.59 Å². The van der Waals surface area contributed by atoms with Crippen molar-refractivity contribution < 1.29 is 9.59 Å². The van der Waals surface area contributed by atoms with Gasteiger partial charge >= 0.3 is 0 Å². The van der Waals surface area contributed by atoms with Crippen LogP contribution in [0.2, 0.25) is 0 Å². The van der Waals surface area contributed by atoms with Gasteiger partial charge in [-0.3, -0.25) is 9.59 Å². The van der Waals surface area contributed by atoms with Crippen LogP contribution in [-0.2, 0) is 4.79 Å². The van der Waals surface area contributed by atoms with Crippen molar-refractivity contribution in [3.05, 3.63) is 33.4 Å². The normalized spacial score (nSPS) is 19.7. The van der Waals surface area contributed by atoms with Gasteiger partial charge in [-0.25, -0.2) is 0 Å². The van der Waals surface area contributed by atoms with E-state index in [1.165, 1.54) is 19.3 Å². The zero-order chi connectivity index (χ0) is 16.2. The molecule has 0 aromatic heterocycles. The molecule has 2 amide bonds. The predicted molar refractivity (Wildman–Crippen MR) is 98.2 cm³/mol. The quantitative estimate of drug-likeness (QED) is 0.682. The molecule has 0 bridgehead atoms. The van der Waals surface area contributed by atoms with Crippen molar-refractivity contribution in [1.82, 2.24) is 9.80 Å². The van der Waals surface area contributed by atoms with E-state index < -0.39 is 0 Å². The van der Waals surface area contributed by atoms with Crippen LogP contribution < -0.4 is 0 Å². The summed E-state index contributed by atoms with van der Waals surface area (Å²) in [6.07, 6.45) is 5.71. The molecule has 124 valence electrons. The lowest BCUT2D eigenvalue weighted by Crippen LogP contribution is -2.52. The van der Waals surface area contributed by atoms with Gasteiger partial charge < -0.3 is 9.80 Å². The Hall–Kier alpha value is -1.11. The third-order valence-corrected chi connectivity index (χ3v) is 5.88. The molecule has 2 aliphatic rings. The number of carbonyl (C=O) groups is 2. The molecular formula is C18H23IN2O2. The summed E-state index contributed by atoms with van der Waals surface area (Å²) in [6.45, 7) is 2.62. The first-order chi connectivity index (χ1) is 11.2. The van der Waals surface area contributed by atoms with Gasteiger partial charge in [0.05, 0.1) is 5.56 Å². The second-order valence-corrected chi connectivity index (χ2v) is 7.59. The van der Waals surface area contributed by atoms with Gasteiger partial charge in [-0.15, -0.1) is 0 Å². The molecule has 1 saturated carbocycles. The van der Waals surface area contributed by atoms with Crippen molar-refractivity contribution in [3.63, 3.8) is 0 Å². The van der Waals surface area contributed by atoms with Crippen LogP contribution in [0.15, 0.2) is 24.3 Å². The Morgan fingerprint density at radius 1 is 0.913 bits per heavy atom. The SMILES string of the molecule is O=C(c1ccccc1I)N1CCN(C(=O)C2CCCCC2)CC1. The van der Waals surface area contributed by atoms with Crippen LogP contribution >= 0.6 is 22.6 Å². The van der Waals surface area contributed by atoms with Gasteiger partial charge in [-0.1, -0.05) is 31.4 Å². The van der Waals surface area contributed by atoms with Crippen LogP contribution in [0.3, 0.4) is 0 Å². The van der Waals surface area contributed by atoms with Crippen LogP contribution in [0.5, 0.6) is 0 Å². The predicted octanol–water partition coefficient (Wildman–Crippen LogP) is 3.16. The van der Waals surface area contributed by atoms with Crippen LogP contribution in [0.4, 0.5) is 0 Å². The number of piperazine rings is 1. The van der Waals surface area contributed by atoms with Crippen molar-refractivity contribution >= 4 is 34.4 Å². The minimum Gasteiger partial charge on any atom is -0.339 e. The van der Waals surface area contributed by atoms with E-state index in [1.807, 2.05) is 34.1 Å². The summed E-state index contributed by atoms with van der Waals surface area (Å²) in [5, 5.41) is 0. The fourth-order valence-corrected chi connectivity index (χ4v) is 4.16.